The Labute approximate surface area is 361 Å². The van der Waals surface area contributed by atoms with Crippen LogP contribution in [-0.2, 0) is 50.7 Å². The first kappa shape index (κ1) is 53.9. The highest BCUT2D eigenvalue weighted by Gasteiger charge is 2.50. The number of phosphoric acid groups is 3. The molecule has 3 heterocycles. The molecule has 25 nitrogen and oxygen atoms in total. The predicted octanol–water partition coefficient (Wildman–Crippen LogP) is 1.56. The van der Waals surface area contributed by atoms with E-state index in [9.17, 15) is 63.0 Å². The molecule has 29 heteroatoms. The number of hydrogen-bond donors (Lipinski definition) is 10. The highest BCUT2D eigenvalue weighted by atomic mass is 32.2. The molecular formula is C33H58N7O18P3S. The Hall–Kier alpha value is -2.48. The molecule has 2 aromatic rings. The summed E-state index contributed by atoms with van der Waals surface area (Å²) < 4.78 is 62.3. The van der Waals surface area contributed by atoms with Crippen molar-refractivity contribution >= 4 is 69.1 Å². The fourth-order valence-electron chi connectivity index (χ4n) is 5.96. The number of nitrogens with two attached hydrogens (primary N) is 1. The third-order valence-corrected chi connectivity index (χ3v) is 13.3. The van der Waals surface area contributed by atoms with Crippen LogP contribution in [0.5, 0.6) is 0 Å². The first-order chi connectivity index (χ1) is 28.9. The van der Waals surface area contributed by atoms with Gasteiger partial charge in [0.15, 0.2) is 22.8 Å². The van der Waals surface area contributed by atoms with E-state index in [4.69, 9.17) is 19.5 Å². The lowest BCUT2D eigenvalue weighted by atomic mass is 9.87. The van der Waals surface area contributed by atoms with Crippen LogP contribution in [0.15, 0.2) is 12.7 Å². The van der Waals surface area contributed by atoms with Crippen LogP contribution in [0.3, 0.4) is 0 Å². The number of thioether (sulfide) groups is 1. The molecule has 1 aliphatic rings. The zero-order valence-electron chi connectivity index (χ0n) is 34.5. The number of nitrogens with one attached hydrogen (secondary N) is 2. The second-order valence-electron chi connectivity index (χ2n) is 15.2. The Morgan fingerprint density at radius 1 is 0.935 bits per heavy atom. The number of anilines is 1. The van der Waals surface area contributed by atoms with Crippen LogP contribution in [0.4, 0.5) is 5.82 Å². The van der Waals surface area contributed by atoms with Crippen LogP contribution in [0.2, 0.25) is 0 Å². The van der Waals surface area contributed by atoms with Gasteiger partial charge in [0.2, 0.25) is 11.8 Å². The van der Waals surface area contributed by atoms with E-state index in [1.54, 1.807) is 6.92 Å². The smallest absolute Gasteiger partial charge is 0.393 e. The van der Waals surface area contributed by atoms with Crippen LogP contribution in [0.1, 0.15) is 91.2 Å². The topological polar surface area (TPSA) is 384 Å². The van der Waals surface area contributed by atoms with Gasteiger partial charge in [-0.25, -0.2) is 28.6 Å². The Morgan fingerprint density at radius 2 is 1.58 bits per heavy atom. The van der Waals surface area contributed by atoms with E-state index in [2.05, 4.69) is 34.4 Å². The summed E-state index contributed by atoms with van der Waals surface area (Å²) in [5, 5.41) is 35.8. The number of nitrogen functional groups attached to an aromatic ring is 1. The number of carbonyl (C=O) groups is 3. The lowest BCUT2D eigenvalue weighted by Crippen LogP contribution is -2.46. The summed E-state index contributed by atoms with van der Waals surface area (Å²) >= 11 is 1.12. The van der Waals surface area contributed by atoms with Crippen LogP contribution < -0.4 is 16.4 Å². The van der Waals surface area contributed by atoms with Gasteiger partial charge in [-0.15, -0.1) is 0 Å². The van der Waals surface area contributed by atoms with E-state index in [0.717, 1.165) is 80.4 Å². The van der Waals surface area contributed by atoms with Crippen molar-refractivity contribution in [3.8, 4) is 0 Å². The zero-order valence-corrected chi connectivity index (χ0v) is 38.0. The molecule has 2 amide bonds. The molecule has 0 radical (unpaired) electrons. The molecule has 1 saturated heterocycles. The van der Waals surface area contributed by atoms with Crippen molar-refractivity contribution < 1.29 is 85.6 Å². The second-order valence-corrected chi connectivity index (χ2v) is 20.5. The average molecular weight is 966 g/mol. The van der Waals surface area contributed by atoms with E-state index in [1.165, 1.54) is 13.8 Å². The molecule has 3 rings (SSSR count). The monoisotopic (exact) mass is 965 g/mol. The van der Waals surface area contributed by atoms with Crippen molar-refractivity contribution in [1.29, 1.82) is 0 Å². The molecule has 0 aliphatic carbocycles. The van der Waals surface area contributed by atoms with Gasteiger partial charge in [0.1, 0.15) is 36.3 Å². The number of aliphatic hydroxyl groups is 3. The van der Waals surface area contributed by atoms with Crippen molar-refractivity contribution in [3.63, 3.8) is 0 Å². The van der Waals surface area contributed by atoms with Gasteiger partial charge in [-0.1, -0.05) is 64.1 Å². The number of phosphoric ester groups is 3. The predicted molar refractivity (Wildman–Crippen MR) is 220 cm³/mol. The minimum absolute atomic E-state index is 0.0298. The van der Waals surface area contributed by atoms with E-state index in [1.807, 2.05) is 0 Å². The summed E-state index contributed by atoms with van der Waals surface area (Å²) in [6.45, 7) is 2.30. The fraction of sp³-hybridized carbons (Fsp3) is 0.758. The van der Waals surface area contributed by atoms with Crippen LogP contribution in [0, 0.1) is 5.41 Å². The Bertz CT molecular complexity index is 1920. The largest absolute Gasteiger partial charge is 0.481 e. The molecule has 0 aromatic carbocycles. The number of fused-ring (bicyclic) bond motifs is 1. The van der Waals surface area contributed by atoms with Gasteiger partial charge in [-0.2, -0.15) is 4.31 Å². The molecule has 0 saturated carbocycles. The summed E-state index contributed by atoms with van der Waals surface area (Å²) in [7, 11) is -16.4. The number of unbranched alkanes of at least 4 members (excludes halogenated alkanes) is 6. The van der Waals surface area contributed by atoms with Gasteiger partial charge < -0.3 is 56.0 Å². The third kappa shape index (κ3) is 18.6. The molecular weight excluding hydrogens is 907 g/mol. The number of rotatable bonds is 29. The number of imidazole rings is 1. The van der Waals surface area contributed by atoms with Gasteiger partial charge in [-0.3, -0.25) is 32.5 Å². The van der Waals surface area contributed by atoms with E-state index < -0.39 is 84.6 Å². The number of ether oxygens (including phenoxy) is 1. The molecule has 354 valence electrons. The molecule has 2 aromatic heterocycles. The van der Waals surface area contributed by atoms with Crippen molar-refractivity contribution in [2.75, 3.05) is 37.8 Å². The van der Waals surface area contributed by atoms with Crippen molar-refractivity contribution in [1.82, 2.24) is 30.2 Å². The van der Waals surface area contributed by atoms with Gasteiger partial charge in [0, 0.05) is 37.1 Å². The number of aromatic nitrogens is 4. The summed E-state index contributed by atoms with van der Waals surface area (Å²) in [5.74, 6) is -1.07. The highest BCUT2D eigenvalue weighted by molar-refractivity contribution is 8.13. The minimum Gasteiger partial charge on any atom is -0.393 e. The Kier molecular flexibility index (Phi) is 21.5. The van der Waals surface area contributed by atoms with Crippen molar-refractivity contribution in [3.05, 3.63) is 12.7 Å². The first-order valence-electron chi connectivity index (χ1n) is 19.6. The summed E-state index contributed by atoms with van der Waals surface area (Å²) in [4.78, 5) is 88.0. The number of amides is 2. The maximum Gasteiger partial charge on any atom is 0.481 e. The zero-order chi connectivity index (χ0) is 46.3. The average Bonchev–Trinajstić information content (AvgIpc) is 3.73. The van der Waals surface area contributed by atoms with Crippen molar-refractivity contribution in [2.24, 2.45) is 5.41 Å². The SMILES string of the molecule is CC(O)CCCCCCCCCC(=O)SCCNC(=O)CCNC(=O)[C@H](O)C(C)(C)COP(=O)(O)OP(=O)(O)OC[C@H]1O[C@@H](n2cnc3c(N)ncnc32)[C@H](O)[C@@H]1OP(=O)(O)O. The van der Waals surface area contributed by atoms with Gasteiger partial charge in [0.25, 0.3) is 0 Å². The molecule has 0 spiro atoms. The third-order valence-electron chi connectivity index (χ3n) is 9.27. The standard InChI is InChI=1S/C33H58N7O18P3S/c1-21(41)11-9-7-5-4-6-8-10-12-24(43)62-16-15-35-23(42)13-14-36-31(46)28(45)33(2,3)18-55-61(52,53)58-60(50,51)54-17-22-27(57-59(47,48)49)26(44)32(56-22)40-20-39-25-29(34)37-19-38-30(25)40/h19-22,26-28,32,41,44-45H,4-18H2,1-3H3,(H,35,42)(H,36,46)(H,50,51)(H,52,53)(H2,34,37,38)(H2,47,48,49)/t21?,22-,26-,27-,28+,32-/m1/s1. The lowest BCUT2D eigenvalue weighted by Gasteiger charge is -2.30. The van der Waals surface area contributed by atoms with Gasteiger partial charge >= 0.3 is 23.5 Å². The normalized spacial score (nSPS) is 21.3. The highest BCUT2D eigenvalue weighted by Crippen LogP contribution is 2.61. The van der Waals surface area contributed by atoms with E-state index in [0.29, 0.717) is 12.2 Å². The van der Waals surface area contributed by atoms with E-state index >= 15 is 0 Å². The molecule has 11 N–H and O–H groups in total. The van der Waals surface area contributed by atoms with Crippen LogP contribution in [-0.4, -0.2) is 134 Å². The summed E-state index contributed by atoms with van der Waals surface area (Å²) in [6, 6.07) is 0. The summed E-state index contributed by atoms with van der Waals surface area (Å²) in [5.41, 5.74) is 4.27. The maximum atomic E-state index is 12.7. The molecule has 1 fully saturated rings. The van der Waals surface area contributed by atoms with Crippen molar-refractivity contribution in [2.45, 2.75) is 122 Å². The quantitative estimate of drug-likeness (QED) is 0.0408. The fourth-order valence-corrected chi connectivity index (χ4v) is 9.51. The number of nitrogens with zero attached hydrogens (tertiary/aromatic N) is 4. The van der Waals surface area contributed by atoms with E-state index in [-0.39, 0.29) is 47.7 Å². The number of carbonyl (C=O) groups excluding carboxylic acids is 3. The van der Waals surface area contributed by atoms with Crippen LogP contribution >= 0.6 is 35.2 Å². The Morgan fingerprint density at radius 3 is 2.24 bits per heavy atom. The number of aliphatic hydroxyl groups excluding tert-OH is 3. The number of hydrogen-bond acceptors (Lipinski definition) is 19. The molecule has 3 unspecified atom stereocenters. The lowest BCUT2D eigenvalue weighted by molar-refractivity contribution is -0.137. The molecule has 62 heavy (non-hydrogen) atoms. The molecule has 1 aliphatic heterocycles. The van der Waals surface area contributed by atoms with Gasteiger partial charge in [0.05, 0.1) is 25.6 Å². The van der Waals surface area contributed by atoms with Crippen LogP contribution in [0.25, 0.3) is 11.2 Å². The van der Waals surface area contributed by atoms with Gasteiger partial charge in [-0.05, 0) is 19.8 Å². The second kappa shape index (κ2) is 24.7. The first-order valence-corrected chi connectivity index (χ1v) is 25.1. The maximum absolute atomic E-state index is 12.7. The Balaban J connectivity index is 1.37. The molecule has 8 atom stereocenters. The molecule has 0 bridgehead atoms. The minimum atomic E-state index is -5.58. The summed E-state index contributed by atoms with van der Waals surface area (Å²) in [6.07, 6.45) is 1.19.